The van der Waals surface area contributed by atoms with Gasteiger partial charge in [0, 0.05) is 34.6 Å². The zero-order chi connectivity index (χ0) is 22.2. The number of allylic oxidation sites excluding steroid dienone is 1. The molecule has 0 fully saturated rings. The summed E-state index contributed by atoms with van der Waals surface area (Å²) in [5.74, 6) is 0. The average molecular weight is 444 g/mol. The molecular formula is C28H33N3S. The van der Waals surface area contributed by atoms with Crippen LogP contribution in [0.25, 0.3) is 16.2 Å². The maximum absolute atomic E-state index is 4.46. The lowest BCUT2D eigenvalue weighted by Crippen LogP contribution is -2.25. The molecule has 0 atom stereocenters. The number of fused-ring (bicyclic) bond motifs is 1. The molecule has 0 unspecified atom stereocenters. The van der Waals surface area contributed by atoms with Gasteiger partial charge in [-0.1, -0.05) is 63.1 Å². The Balaban J connectivity index is 1.56. The van der Waals surface area contributed by atoms with Gasteiger partial charge in [-0.2, -0.15) is 0 Å². The van der Waals surface area contributed by atoms with Crippen LogP contribution in [-0.2, 0) is 13.1 Å². The SMILES string of the molecule is CCC/C=C\c1cc2cc(N(CCCC)Cc3cncn3Cc3ccccc3)ccc2s1. The van der Waals surface area contributed by atoms with Crippen molar-refractivity contribution in [3.8, 4) is 0 Å². The van der Waals surface area contributed by atoms with E-state index in [9.17, 15) is 0 Å². The Bertz CT molecular complexity index is 1140. The number of benzene rings is 2. The second-order valence-electron chi connectivity index (χ2n) is 8.34. The molecule has 0 amide bonds. The molecule has 0 radical (unpaired) electrons. The van der Waals surface area contributed by atoms with Gasteiger partial charge in [-0.15, -0.1) is 11.3 Å². The van der Waals surface area contributed by atoms with E-state index in [-0.39, 0.29) is 0 Å². The Hall–Kier alpha value is -2.85. The van der Waals surface area contributed by atoms with Gasteiger partial charge in [0.15, 0.2) is 0 Å². The highest BCUT2D eigenvalue weighted by atomic mass is 32.1. The smallest absolute Gasteiger partial charge is 0.0951 e. The number of thiophene rings is 1. The fraction of sp³-hybridized carbons (Fsp3) is 0.321. The Morgan fingerprint density at radius 2 is 1.91 bits per heavy atom. The van der Waals surface area contributed by atoms with E-state index in [1.54, 1.807) is 0 Å². The number of hydrogen-bond acceptors (Lipinski definition) is 3. The van der Waals surface area contributed by atoms with Crippen LogP contribution < -0.4 is 4.90 Å². The first-order valence-corrected chi connectivity index (χ1v) is 12.6. The van der Waals surface area contributed by atoms with Crippen molar-refractivity contribution in [1.82, 2.24) is 9.55 Å². The van der Waals surface area contributed by atoms with Gasteiger partial charge in [-0.3, -0.25) is 0 Å². The van der Waals surface area contributed by atoms with Crippen molar-refractivity contribution >= 4 is 33.2 Å². The number of hydrogen-bond donors (Lipinski definition) is 0. The lowest BCUT2D eigenvalue weighted by Gasteiger charge is -2.25. The van der Waals surface area contributed by atoms with Gasteiger partial charge in [0.1, 0.15) is 0 Å². The van der Waals surface area contributed by atoms with Crippen LogP contribution in [0.15, 0.2) is 73.2 Å². The summed E-state index contributed by atoms with van der Waals surface area (Å²) >= 11 is 1.88. The van der Waals surface area contributed by atoms with Crippen LogP contribution in [0.5, 0.6) is 0 Å². The fourth-order valence-electron chi connectivity index (χ4n) is 3.94. The van der Waals surface area contributed by atoms with Crippen molar-refractivity contribution in [3.63, 3.8) is 0 Å². The maximum Gasteiger partial charge on any atom is 0.0951 e. The molecule has 2 aromatic carbocycles. The summed E-state index contributed by atoms with van der Waals surface area (Å²) in [6.07, 6.45) is 13.2. The van der Waals surface area contributed by atoms with Gasteiger partial charge in [0.2, 0.25) is 0 Å². The Morgan fingerprint density at radius 1 is 1.03 bits per heavy atom. The van der Waals surface area contributed by atoms with E-state index < -0.39 is 0 Å². The Morgan fingerprint density at radius 3 is 2.72 bits per heavy atom. The molecule has 0 aliphatic rings. The molecule has 0 saturated carbocycles. The van der Waals surface area contributed by atoms with Gasteiger partial charge >= 0.3 is 0 Å². The fourth-order valence-corrected chi connectivity index (χ4v) is 4.92. The number of nitrogens with zero attached hydrogens (tertiary/aromatic N) is 3. The summed E-state index contributed by atoms with van der Waals surface area (Å²) in [7, 11) is 0. The molecule has 2 heterocycles. The number of unbranched alkanes of at least 4 members (excludes halogenated alkanes) is 2. The number of imidazole rings is 1. The highest BCUT2D eigenvalue weighted by Crippen LogP contribution is 2.31. The molecule has 4 rings (SSSR count). The lowest BCUT2D eigenvalue weighted by atomic mass is 10.2. The second-order valence-corrected chi connectivity index (χ2v) is 9.45. The number of rotatable bonds is 11. The van der Waals surface area contributed by atoms with Gasteiger partial charge in [0.25, 0.3) is 0 Å². The van der Waals surface area contributed by atoms with E-state index in [4.69, 9.17) is 0 Å². The normalized spacial score (nSPS) is 11.6. The molecular weight excluding hydrogens is 410 g/mol. The van der Waals surface area contributed by atoms with Crippen molar-refractivity contribution in [2.45, 2.75) is 52.6 Å². The summed E-state index contributed by atoms with van der Waals surface area (Å²) in [5, 5.41) is 1.34. The lowest BCUT2D eigenvalue weighted by molar-refractivity contribution is 0.672. The minimum Gasteiger partial charge on any atom is -0.366 e. The second kappa shape index (κ2) is 11.1. The van der Waals surface area contributed by atoms with Gasteiger partial charge in [-0.25, -0.2) is 4.98 Å². The standard InChI is InChI=1S/C28H33N3S/c1-3-5-8-13-27-18-24-17-25(14-15-28(24)32-27)30(16-6-4-2)21-26-19-29-22-31(26)20-23-11-9-7-10-12-23/h7-15,17-19,22H,3-6,16,20-21H2,1-2H3/b13-8-. The molecule has 0 aliphatic carbocycles. The molecule has 0 N–H and O–H groups in total. The highest BCUT2D eigenvalue weighted by Gasteiger charge is 2.12. The summed E-state index contributed by atoms with van der Waals surface area (Å²) < 4.78 is 3.63. The monoisotopic (exact) mass is 443 g/mol. The topological polar surface area (TPSA) is 21.1 Å². The summed E-state index contributed by atoms with van der Waals surface area (Å²) in [6.45, 7) is 7.25. The predicted octanol–water partition coefficient (Wildman–Crippen LogP) is 7.77. The quantitative estimate of drug-likeness (QED) is 0.236. The molecule has 32 heavy (non-hydrogen) atoms. The third-order valence-electron chi connectivity index (χ3n) is 5.75. The van der Waals surface area contributed by atoms with Crippen molar-refractivity contribution in [2.24, 2.45) is 0 Å². The van der Waals surface area contributed by atoms with Gasteiger partial charge < -0.3 is 9.47 Å². The van der Waals surface area contributed by atoms with Crippen LogP contribution in [-0.4, -0.2) is 16.1 Å². The van der Waals surface area contributed by atoms with Crippen molar-refractivity contribution in [2.75, 3.05) is 11.4 Å². The number of anilines is 1. The molecule has 0 bridgehead atoms. The van der Waals surface area contributed by atoms with Crippen LogP contribution in [0.3, 0.4) is 0 Å². The largest absolute Gasteiger partial charge is 0.366 e. The number of aromatic nitrogens is 2. The van der Waals surface area contributed by atoms with E-state index in [0.717, 1.165) is 26.1 Å². The van der Waals surface area contributed by atoms with E-state index in [2.05, 4.69) is 95.0 Å². The summed E-state index contributed by atoms with van der Waals surface area (Å²) in [5.41, 5.74) is 3.84. The zero-order valence-electron chi connectivity index (χ0n) is 19.2. The van der Waals surface area contributed by atoms with Crippen LogP contribution >= 0.6 is 11.3 Å². The Labute approximate surface area is 196 Å². The van der Waals surface area contributed by atoms with Gasteiger partial charge in [0.05, 0.1) is 18.6 Å². The molecule has 4 aromatic rings. The van der Waals surface area contributed by atoms with Crippen LogP contribution in [0, 0.1) is 0 Å². The van der Waals surface area contributed by atoms with Crippen molar-refractivity contribution < 1.29 is 0 Å². The van der Waals surface area contributed by atoms with E-state index in [0.29, 0.717) is 0 Å². The molecule has 3 nitrogen and oxygen atoms in total. The maximum atomic E-state index is 4.46. The van der Waals surface area contributed by atoms with Crippen molar-refractivity contribution in [3.05, 3.63) is 89.3 Å². The first-order chi connectivity index (χ1) is 15.8. The molecule has 0 spiro atoms. The summed E-state index contributed by atoms with van der Waals surface area (Å²) in [4.78, 5) is 8.31. The molecule has 4 heteroatoms. The molecule has 0 saturated heterocycles. The third-order valence-corrected chi connectivity index (χ3v) is 6.83. The molecule has 166 valence electrons. The van der Waals surface area contributed by atoms with Crippen LogP contribution in [0.1, 0.15) is 55.7 Å². The minimum absolute atomic E-state index is 0.856. The highest BCUT2D eigenvalue weighted by molar-refractivity contribution is 7.19. The zero-order valence-corrected chi connectivity index (χ0v) is 20.0. The van der Waals surface area contributed by atoms with Gasteiger partial charge in [-0.05, 0) is 54.1 Å². The first-order valence-electron chi connectivity index (χ1n) is 11.7. The Kier molecular flexibility index (Phi) is 7.78. The minimum atomic E-state index is 0.856. The van der Waals surface area contributed by atoms with E-state index in [1.165, 1.54) is 51.2 Å². The summed E-state index contributed by atoms with van der Waals surface area (Å²) in [6, 6.07) is 19.9. The predicted molar refractivity (Wildman–Crippen MR) is 139 cm³/mol. The van der Waals surface area contributed by atoms with E-state index >= 15 is 0 Å². The molecule has 0 aliphatic heterocycles. The van der Waals surface area contributed by atoms with Crippen LogP contribution in [0.4, 0.5) is 5.69 Å². The molecule has 2 aromatic heterocycles. The first kappa shape index (κ1) is 22.3. The van der Waals surface area contributed by atoms with Crippen LogP contribution in [0.2, 0.25) is 0 Å². The van der Waals surface area contributed by atoms with Crippen molar-refractivity contribution in [1.29, 1.82) is 0 Å². The van der Waals surface area contributed by atoms with E-state index in [1.807, 2.05) is 23.9 Å². The average Bonchev–Trinajstić information content (AvgIpc) is 3.43. The third kappa shape index (κ3) is 5.68.